The fraction of sp³-hybridized carbons (Fsp3) is 0.444. The molecule has 0 bridgehead atoms. The summed E-state index contributed by atoms with van der Waals surface area (Å²) in [4.78, 5) is 25.4. The van der Waals surface area contributed by atoms with E-state index in [0.717, 1.165) is 16.9 Å². The number of nitrogens with zero attached hydrogens (tertiary/aromatic N) is 1. The lowest BCUT2D eigenvalue weighted by molar-refractivity contribution is -0.125. The molecule has 0 aliphatic carbocycles. The van der Waals surface area contributed by atoms with Crippen LogP contribution in [-0.4, -0.2) is 36.9 Å². The van der Waals surface area contributed by atoms with Crippen LogP contribution >= 0.6 is 0 Å². The van der Waals surface area contributed by atoms with E-state index in [1.54, 1.807) is 18.1 Å². The van der Waals surface area contributed by atoms with Gasteiger partial charge in [0.15, 0.2) is 0 Å². The number of hydrogen-bond acceptors (Lipinski definition) is 3. The minimum atomic E-state index is -0.331. The third kappa shape index (κ3) is 4.12. The molecule has 1 aromatic rings. The van der Waals surface area contributed by atoms with Crippen LogP contribution in [0, 0.1) is 11.8 Å². The molecule has 1 saturated heterocycles. The van der Waals surface area contributed by atoms with Gasteiger partial charge in [-0.25, -0.2) is 0 Å². The lowest BCUT2D eigenvalue weighted by atomic mass is 9.98. The molecular weight excluding hydrogens is 292 g/mol. The third-order valence-corrected chi connectivity index (χ3v) is 4.32. The van der Waals surface area contributed by atoms with Crippen LogP contribution in [0.2, 0.25) is 0 Å². The van der Waals surface area contributed by atoms with E-state index in [4.69, 9.17) is 10.5 Å². The van der Waals surface area contributed by atoms with Gasteiger partial charge < -0.3 is 15.4 Å². The normalized spacial score (nSPS) is 21.3. The third-order valence-electron chi connectivity index (χ3n) is 4.32. The molecule has 0 aromatic heterocycles. The quantitative estimate of drug-likeness (QED) is 0.841. The Labute approximate surface area is 137 Å². The first-order valence-corrected chi connectivity index (χ1v) is 7.79. The average molecular weight is 316 g/mol. The monoisotopic (exact) mass is 316 g/mol. The molecule has 0 spiro atoms. The van der Waals surface area contributed by atoms with E-state index >= 15 is 0 Å². The predicted molar refractivity (Wildman–Crippen MR) is 88.9 cm³/mol. The molecule has 0 saturated carbocycles. The lowest BCUT2D eigenvalue weighted by Gasteiger charge is -2.14. The van der Waals surface area contributed by atoms with Gasteiger partial charge in [-0.15, -0.1) is 0 Å². The van der Waals surface area contributed by atoms with E-state index in [0.29, 0.717) is 19.5 Å². The van der Waals surface area contributed by atoms with E-state index in [1.165, 1.54) is 0 Å². The van der Waals surface area contributed by atoms with Crippen molar-refractivity contribution in [1.82, 2.24) is 4.90 Å². The van der Waals surface area contributed by atoms with Crippen molar-refractivity contribution >= 4 is 11.8 Å². The maximum atomic E-state index is 12.4. The molecule has 1 fully saturated rings. The molecule has 124 valence electrons. The summed E-state index contributed by atoms with van der Waals surface area (Å²) in [5.74, 6) is 0.285. The highest BCUT2D eigenvalue weighted by Crippen LogP contribution is 2.24. The summed E-state index contributed by atoms with van der Waals surface area (Å²) < 4.78 is 5.33. The van der Waals surface area contributed by atoms with Crippen molar-refractivity contribution in [2.45, 2.75) is 20.3 Å². The van der Waals surface area contributed by atoms with Crippen LogP contribution in [0.1, 0.15) is 19.4 Å². The molecule has 1 heterocycles. The first-order chi connectivity index (χ1) is 10.9. The van der Waals surface area contributed by atoms with Crippen LogP contribution in [0.4, 0.5) is 0 Å². The summed E-state index contributed by atoms with van der Waals surface area (Å²) in [6.45, 7) is 4.86. The summed E-state index contributed by atoms with van der Waals surface area (Å²) >= 11 is 0. The topological polar surface area (TPSA) is 72.6 Å². The van der Waals surface area contributed by atoms with Gasteiger partial charge in [-0.05, 0) is 30.9 Å². The van der Waals surface area contributed by atoms with Crippen LogP contribution in [0.3, 0.4) is 0 Å². The predicted octanol–water partition coefficient (Wildman–Crippen LogP) is 1.76. The number of carbonyl (C=O) groups excluding carboxylic acids is 2. The number of amides is 2. The highest BCUT2D eigenvalue weighted by molar-refractivity contribution is 5.89. The second kappa shape index (κ2) is 7.31. The number of ether oxygens (including phenoxy) is 1. The maximum Gasteiger partial charge on any atom is 0.246 e. The van der Waals surface area contributed by atoms with Gasteiger partial charge in [0.1, 0.15) is 5.75 Å². The van der Waals surface area contributed by atoms with Crippen molar-refractivity contribution in [1.29, 1.82) is 0 Å². The van der Waals surface area contributed by atoms with E-state index in [-0.39, 0.29) is 23.7 Å². The van der Waals surface area contributed by atoms with E-state index in [1.807, 2.05) is 38.1 Å². The van der Waals surface area contributed by atoms with Crippen LogP contribution < -0.4 is 10.5 Å². The van der Waals surface area contributed by atoms with Gasteiger partial charge in [0.05, 0.1) is 13.0 Å². The largest absolute Gasteiger partial charge is 0.496 e. The second-order valence-corrected chi connectivity index (χ2v) is 6.21. The molecular formula is C18H24N2O3. The minimum absolute atomic E-state index is 0.0620. The lowest BCUT2D eigenvalue weighted by Crippen LogP contribution is -2.31. The van der Waals surface area contributed by atoms with Crippen molar-refractivity contribution in [2.75, 3.05) is 20.2 Å². The van der Waals surface area contributed by atoms with Crippen molar-refractivity contribution in [3.63, 3.8) is 0 Å². The number of carbonyl (C=O) groups is 2. The first kappa shape index (κ1) is 17.1. The van der Waals surface area contributed by atoms with E-state index in [2.05, 4.69) is 0 Å². The number of primary amides is 1. The van der Waals surface area contributed by atoms with Crippen LogP contribution in [0.5, 0.6) is 5.75 Å². The molecule has 1 aromatic carbocycles. The smallest absolute Gasteiger partial charge is 0.246 e. The summed E-state index contributed by atoms with van der Waals surface area (Å²) in [5.41, 5.74) is 7.38. The molecule has 2 amide bonds. The Balaban J connectivity index is 2.03. The maximum absolute atomic E-state index is 12.4. The zero-order chi connectivity index (χ0) is 17.0. The highest BCUT2D eigenvalue weighted by Gasteiger charge is 2.35. The van der Waals surface area contributed by atoms with Gasteiger partial charge in [0.2, 0.25) is 11.8 Å². The number of nitrogens with two attached hydrogens (primary N) is 1. The number of rotatable bonds is 5. The molecule has 2 atom stereocenters. The average Bonchev–Trinajstić information content (AvgIpc) is 2.90. The SMILES string of the molecule is COc1ccccc1C/C(C)=C/C(=O)N1C[C@@H](C)[C@H](C(N)=O)C1. The standard InChI is InChI=1S/C18H24N2O3/c1-12(8-14-6-4-5-7-16(14)23-3)9-17(21)20-10-13(2)15(11-20)18(19)22/h4-7,9,13,15H,8,10-11H2,1-3H3,(H2,19,22)/b12-9+/t13-,15-/m1/s1. The Morgan fingerprint density at radius 1 is 1.35 bits per heavy atom. The molecule has 23 heavy (non-hydrogen) atoms. The Bertz CT molecular complexity index is 624. The van der Waals surface area contributed by atoms with Gasteiger partial charge in [-0.2, -0.15) is 0 Å². The Morgan fingerprint density at radius 2 is 2.04 bits per heavy atom. The van der Waals surface area contributed by atoms with Gasteiger partial charge >= 0.3 is 0 Å². The molecule has 2 rings (SSSR count). The summed E-state index contributed by atoms with van der Waals surface area (Å²) in [6.07, 6.45) is 2.29. The molecule has 2 N–H and O–H groups in total. The number of benzene rings is 1. The molecule has 5 nitrogen and oxygen atoms in total. The first-order valence-electron chi connectivity index (χ1n) is 7.79. The summed E-state index contributed by atoms with van der Waals surface area (Å²) in [6, 6.07) is 7.76. The summed E-state index contributed by atoms with van der Waals surface area (Å²) in [5, 5.41) is 0. The second-order valence-electron chi connectivity index (χ2n) is 6.21. The fourth-order valence-corrected chi connectivity index (χ4v) is 3.02. The number of hydrogen-bond donors (Lipinski definition) is 1. The Morgan fingerprint density at radius 3 is 2.65 bits per heavy atom. The van der Waals surface area contributed by atoms with Crippen molar-refractivity contribution in [3.05, 3.63) is 41.5 Å². The Kier molecular flexibility index (Phi) is 5.42. The molecule has 1 aliphatic heterocycles. The number of likely N-dealkylation sites (tertiary alicyclic amines) is 1. The minimum Gasteiger partial charge on any atom is -0.496 e. The number of methoxy groups -OCH3 is 1. The van der Waals surface area contributed by atoms with Crippen molar-refractivity contribution in [3.8, 4) is 5.75 Å². The zero-order valence-corrected chi connectivity index (χ0v) is 13.9. The van der Waals surface area contributed by atoms with Gasteiger partial charge in [-0.1, -0.05) is 30.7 Å². The van der Waals surface area contributed by atoms with Crippen LogP contribution in [0.25, 0.3) is 0 Å². The van der Waals surface area contributed by atoms with Gasteiger partial charge in [0, 0.05) is 19.2 Å². The fourth-order valence-electron chi connectivity index (χ4n) is 3.02. The summed E-state index contributed by atoms with van der Waals surface area (Å²) in [7, 11) is 1.64. The van der Waals surface area contributed by atoms with Crippen molar-refractivity contribution < 1.29 is 14.3 Å². The van der Waals surface area contributed by atoms with Crippen LogP contribution in [-0.2, 0) is 16.0 Å². The van der Waals surface area contributed by atoms with Crippen molar-refractivity contribution in [2.24, 2.45) is 17.6 Å². The van der Waals surface area contributed by atoms with Crippen LogP contribution in [0.15, 0.2) is 35.9 Å². The molecule has 0 radical (unpaired) electrons. The van der Waals surface area contributed by atoms with Gasteiger partial charge in [0.25, 0.3) is 0 Å². The van der Waals surface area contributed by atoms with E-state index < -0.39 is 0 Å². The number of allylic oxidation sites excluding steroid dienone is 1. The molecule has 0 unspecified atom stereocenters. The Hall–Kier alpha value is -2.30. The zero-order valence-electron chi connectivity index (χ0n) is 13.9. The molecule has 5 heteroatoms. The van der Waals surface area contributed by atoms with Gasteiger partial charge in [-0.3, -0.25) is 9.59 Å². The molecule has 1 aliphatic rings. The number of para-hydroxylation sites is 1. The van der Waals surface area contributed by atoms with E-state index in [9.17, 15) is 9.59 Å². The highest BCUT2D eigenvalue weighted by atomic mass is 16.5.